The van der Waals surface area contributed by atoms with E-state index >= 15 is 0 Å². The molecule has 1 aliphatic rings. The molecule has 1 amide bonds. The Bertz CT molecular complexity index is 1140. The Labute approximate surface area is 209 Å². The molecule has 0 aliphatic carbocycles. The van der Waals surface area contributed by atoms with E-state index in [1.54, 1.807) is 18.3 Å². The van der Waals surface area contributed by atoms with Gasteiger partial charge >= 0.3 is 11.9 Å². The van der Waals surface area contributed by atoms with E-state index in [9.17, 15) is 24.6 Å². The molecule has 2 aromatic rings. The molecule has 3 rings (SSSR count). The lowest BCUT2D eigenvalue weighted by Crippen LogP contribution is -2.54. The van der Waals surface area contributed by atoms with E-state index in [1.165, 1.54) is 23.3 Å². The van der Waals surface area contributed by atoms with Crippen LogP contribution in [0.3, 0.4) is 0 Å². The zero-order valence-corrected chi connectivity index (χ0v) is 22.1. The molecule has 1 fully saturated rings. The van der Waals surface area contributed by atoms with Crippen LogP contribution in [0.5, 0.6) is 5.75 Å². The fourth-order valence-electron chi connectivity index (χ4n) is 5.07. The van der Waals surface area contributed by atoms with Crippen LogP contribution < -0.4 is 4.74 Å². The van der Waals surface area contributed by atoms with Crippen LogP contribution in [0.1, 0.15) is 79.3 Å². The molecule has 1 aliphatic heterocycles. The average Bonchev–Trinajstić information content (AvgIpc) is 3.33. The topological polar surface area (TPSA) is 117 Å². The fourth-order valence-corrected chi connectivity index (χ4v) is 6.00. The van der Waals surface area contributed by atoms with Crippen molar-refractivity contribution in [3.8, 4) is 5.75 Å². The van der Waals surface area contributed by atoms with Crippen molar-refractivity contribution in [2.45, 2.75) is 71.4 Å². The largest absolute Gasteiger partial charge is 0.496 e. The third-order valence-corrected chi connectivity index (χ3v) is 7.49. The van der Waals surface area contributed by atoms with Gasteiger partial charge in [-0.1, -0.05) is 40.7 Å². The maximum absolute atomic E-state index is 14.1. The summed E-state index contributed by atoms with van der Waals surface area (Å²) in [4.78, 5) is 45.8. The standard InChI is InChI=1S/C26H34N2O6S/c1-14(2)11-26(24(32)33)12-17(23(30)31)20(21-27-13-15(3)35-21)28(26)22(29)16-8-9-18(25(4,5)6)19(10-16)34-7/h8-10,13-14,17,20H,11-12H2,1-7H3,(H,30,31)(H,32,33)/t17-,20+,26-/m0/s1. The van der Waals surface area contributed by atoms with Crippen LogP contribution in [-0.2, 0) is 15.0 Å². The molecular weight excluding hydrogens is 468 g/mol. The Kier molecular flexibility index (Phi) is 7.32. The number of nitrogens with zero attached hydrogens (tertiary/aromatic N) is 2. The Hall–Kier alpha value is -2.94. The van der Waals surface area contributed by atoms with Crippen molar-refractivity contribution in [2.75, 3.05) is 7.11 Å². The highest BCUT2D eigenvalue weighted by atomic mass is 32.1. The number of thiazole rings is 1. The van der Waals surface area contributed by atoms with Gasteiger partial charge in [0.1, 0.15) is 16.3 Å². The van der Waals surface area contributed by atoms with Gasteiger partial charge in [0.15, 0.2) is 0 Å². The van der Waals surface area contributed by atoms with Gasteiger partial charge in [-0.25, -0.2) is 9.78 Å². The number of benzene rings is 1. The number of carbonyl (C=O) groups is 3. The van der Waals surface area contributed by atoms with E-state index < -0.39 is 35.3 Å². The highest BCUT2D eigenvalue weighted by Gasteiger charge is 2.61. The number of aromatic nitrogens is 1. The van der Waals surface area contributed by atoms with E-state index in [0.717, 1.165) is 10.4 Å². The van der Waals surface area contributed by atoms with Gasteiger partial charge in [-0.15, -0.1) is 11.3 Å². The van der Waals surface area contributed by atoms with Gasteiger partial charge < -0.3 is 19.8 Å². The molecule has 0 spiro atoms. The van der Waals surface area contributed by atoms with Crippen LogP contribution in [0.4, 0.5) is 0 Å². The number of aryl methyl sites for hydroxylation is 1. The molecule has 0 bridgehead atoms. The molecular formula is C26H34N2O6S. The maximum Gasteiger partial charge on any atom is 0.329 e. The molecule has 2 heterocycles. The number of aliphatic carboxylic acids is 2. The second kappa shape index (κ2) is 9.60. The molecule has 190 valence electrons. The third-order valence-electron chi connectivity index (χ3n) is 6.51. The van der Waals surface area contributed by atoms with Gasteiger partial charge in [0, 0.05) is 16.6 Å². The first kappa shape index (κ1) is 26.7. The van der Waals surface area contributed by atoms with E-state index in [0.29, 0.717) is 10.8 Å². The highest BCUT2D eigenvalue weighted by molar-refractivity contribution is 7.11. The number of hydrogen-bond acceptors (Lipinski definition) is 6. The molecule has 35 heavy (non-hydrogen) atoms. The Morgan fingerprint density at radius 2 is 1.91 bits per heavy atom. The Morgan fingerprint density at radius 1 is 1.26 bits per heavy atom. The summed E-state index contributed by atoms with van der Waals surface area (Å²) >= 11 is 1.28. The normalized spacial score (nSPS) is 22.5. The fraction of sp³-hybridized carbons (Fsp3) is 0.538. The summed E-state index contributed by atoms with van der Waals surface area (Å²) in [6, 6.07) is 4.08. The number of hydrogen-bond donors (Lipinski definition) is 2. The average molecular weight is 503 g/mol. The molecule has 0 radical (unpaired) electrons. The van der Waals surface area contributed by atoms with Crippen molar-refractivity contribution in [3.63, 3.8) is 0 Å². The van der Waals surface area contributed by atoms with Gasteiger partial charge in [-0.3, -0.25) is 9.59 Å². The monoisotopic (exact) mass is 502 g/mol. The summed E-state index contributed by atoms with van der Waals surface area (Å²) < 4.78 is 5.57. The minimum Gasteiger partial charge on any atom is -0.496 e. The quantitative estimate of drug-likeness (QED) is 0.552. The molecule has 8 nitrogen and oxygen atoms in total. The summed E-state index contributed by atoms with van der Waals surface area (Å²) in [5.41, 5.74) is -0.777. The smallest absolute Gasteiger partial charge is 0.329 e. The summed E-state index contributed by atoms with van der Waals surface area (Å²) in [7, 11) is 1.52. The summed E-state index contributed by atoms with van der Waals surface area (Å²) in [5.74, 6) is -3.58. The number of likely N-dealkylation sites (tertiary alicyclic amines) is 1. The molecule has 1 aromatic heterocycles. The number of ether oxygens (including phenoxy) is 1. The van der Waals surface area contributed by atoms with E-state index in [4.69, 9.17) is 4.74 Å². The van der Waals surface area contributed by atoms with Crippen molar-refractivity contribution < 1.29 is 29.3 Å². The molecule has 0 saturated carbocycles. The van der Waals surface area contributed by atoms with E-state index in [-0.39, 0.29) is 29.7 Å². The summed E-state index contributed by atoms with van der Waals surface area (Å²) in [6.45, 7) is 11.7. The maximum atomic E-state index is 14.1. The van der Waals surface area contributed by atoms with Gasteiger partial charge in [-0.05, 0) is 48.8 Å². The number of methoxy groups -OCH3 is 1. The van der Waals surface area contributed by atoms with Crippen LogP contribution >= 0.6 is 11.3 Å². The van der Waals surface area contributed by atoms with Crippen LogP contribution in [0.25, 0.3) is 0 Å². The Balaban J connectivity index is 2.25. The first-order valence-electron chi connectivity index (χ1n) is 11.6. The van der Waals surface area contributed by atoms with Crippen molar-refractivity contribution >= 4 is 29.2 Å². The number of carboxylic acids is 2. The van der Waals surface area contributed by atoms with Crippen LogP contribution in [0.15, 0.2) is 24.4 Å². The van der Waals surface area contributed by atoms with Crippen LogP contribution in [0.2, 0.25) is 0 Å². The van der Waals surface area contributed by atoms with Gasteiger partial charge in [0.2, 0.25) is 0 Å². The Morgan fingerprint density at radius 3 is 2.37 bits per heavy atom. The van der Waals surface area contributed by atoms with E-state index in [2.05, 4.69) is 4.98 Å². The molecule has 0 unspecified atom stereocenters. The number of rotatable bonds is 7. The molecule has 1 saturated heterocycles. The molecule has 9 heteroatoms. The lowest BCUT2D eigenvalue weighted by molar-refractivity contribution is -0.150. The van der Waals surface area contributed by atoms with Crippen molar-refractivity contribution in [1.29, 1.82) is 0 Å². The predicted octanol–water partition coefficient (Wildman–Crippen LogP) is 4.92. The van der Waals surface area contributed by atoms with Crippen molar-refractivity contribution in [1.82, 2.24) is 9.88 Å². The first-order chi connectivity index (χ1) is 16.2. The number of amides is 1. The minimum absolute atomic E-state index is 0.0922. The molecule has 1 aromatic carbocycles. The second-order valence-electron chi connectivity index (χ2n) is 10.7. The SMILES string of the molecule is COc1cc(C(=O)N2[C@@H](c3ncc(C)s3)[C@@H](C(=O)O)C[C@@]2(CC(C)C)C(=O)O)ccc1C(C)(C)C. The molecule has 2 N–H and O–H groups in total. The number of carbonyl (C=O) groups excluding carboxylic acids is 1. The highest BCUT2D eigenvalue weighted by Crippen LogP contribution is 2.51. The summed E-state index contributed by atoms with van der Waals surface area (Å²) in [5, 5.41) is 21.0. The zero-order valence-electron chi connectivity index (χ0n) is 21.3. The zero-order chi connectivity index (χ0) is 26.3. The van der Waals surface area contributed by atoms with Crippen LogP contribution in [0, 0.1) is 18.8 Å². The van der Waals surface area contributed by atoms with E-state index in [1.807, 2.05) is 47.6 Å². The lowest BCUT2D eigenvalue weighted by atomic mass is 9.83. The predicted molar refractivity (Wildman–Crippen MR) is 133 cm³/mol. The first-order valence-corrected chi connectivity index (χ1v) is 12.4. The number of carboxylic acid groups (broad SMARTS) is 2. The van der Waals surface area contributed by atoms with Gasteiger partial charge in [0.25, 0.3) is 5.91 Å². The van der Waals surface area contributed by atoms with Crippen molar-refractivity contribution in [2.24, 2.45) is 11.8 Å². The van der Waals surface area contributed by atoms with Crippen molar-refractivity contribution in [3.05, 3.63) is 45.4 Å². The van der Waals surface area contributed by atoms with Crippen LogP contribution in [-0.4, -0.2) is 50.6 Å². The lowest BCUT2D eigenvalue weighted by Gasteiger charge is -2.38. The van der Waals surface area contributed by atoms with Gasteiger partial charge in [0.05, 0.1) is 19.1 Å². The summed E-state index contributed by atoms with van der Waals surface area (Å²) in [6.07, 6.45) is 1.55. The molecule has 3 atom stereocenters. The third kappa shape index (κ3) is 4.91. The van der Waals surface area contributed by atoms with Gasteiger partial charge in [-0.2, -0.15) is 0 Å². The minimum atomic E-state index is -1.69. The second-order valence-corrected chi connectivity index (χ2v) is 11.9.